The van der Waals surface area contributed by atoms with Crippen LogP contribution in [-0.4, -0.2) is 15.5 Å². The zero-order chi connectivity index (χ0) is 18.3. The zero-order valence-corrected chi connectivity index (χ0v) is 15.4. The van der Waals surface area contributed by atoms with Crippen molar-refractivity contribution in [2.75, 3.05) is 5.32 Å². The van der Waals surface area contributed by atoms with Gasteiger partial charge in [-0.2, -0.15) is 0 Å². The van der Waals surface area contributed by atoms with Gasteiger partial charge < -0.3 is 14.8 Å². The van der Waals surface area contributed by atoms with E-state index in [-0.39, 0.29) is 12.1 Å². The van der Waals surface area contributed by atoms with Gasteiger partial charge in [-0.1, -0.05) is 30.3 Å². The van der Waals surface area contributed by atoms with Gasteiger partial charge in [-0.3, -0.25) is 0 Å². The van der Waals surface area contributed by atoms with Gasteiger partial charge in [0.2, 0.25) is 0 Å². The maximum atomic E-state index is 13.1. The number of urea groups is 1. The van der Waals surface area contributed by atoms with Crippen molar-refractivity contribution in [2.24, 2.45) is 0 Å². The Morgan fingerprint density at radius 3 is 2.69 bits per heavy atom. The van der Waals surface area contributed by atoms with Crippen LogP contribution in [0.5, 0.6) is 0 Å². The highest BCUT2D eigenvalue weighted by atomic mass is 16.2. The van der Waals surface area contributed by atoms with Crippen LogP contribution in [0.3, 0.4) is 0 Å². The molecule has 4 rings (SSSR count). The molecule has 26 heavy (non-hydrogen) atoms. The van der Waals surface area contributed by atoms with Crippen molar-refractivity contribution in [1.29, 1.82) is 0 Å². The summed E-state index contributed by atoms with van der Waals surface area (Å²) >= 11 is 0. The number of carbonyl (C=O) groups excluding carboxylic acids is 1. The molecule has 1 atom stereocenters. The van der Waals surface area contributed by atoms with E-state index in [1.54, 1.807) is 0 Å². The summed E-state index contributed by atoms with van der Waals surface area (Å²) in [5.74, 6) is 0. The SMILES string of the molecule is Cc1cccc(NC(=O)N2Cc3ccccc3-n3cccc3C2C)c1C. The highest BCUT2D eigenvalue weighted by molar-refractivity contribution is 5.90. The average Bonchev–Trinajstić information content (AvgIpc) is 3.09. The maximum absolute atomic E-state index is 13.1. The largest absolute Gasteiger partial charge is 0.322 e. The van der Waals surface area contributed by atoms with Crippen LogP contribution >= 0.6 is 0 Å². The van der Waals surface area contributed by atoms with E-state index < -0.39 is 0 Å². The fourth-order valence-corrected chi connectivity index (χ4v) is 3.63. The predicted molar refractivity (Wildman–Crippen MR) is 105 cm³/mol. The molecule has 0 saturated heterocycles. The number of nitrogens with zero attached hydrogens (tertiary/aromatic N) is 2. The molecule has 0 radical (unpaired) electrons. The number of nitrogens with one attached hydrogen (secondary N) is 1. The Bertz CT molecular complexity index is 973. The average molecular weight is 345 g/mol. The zero-order valence-electron chi connectivity index (χ0n) is 15.4. The summed E-state index contributed by atoms with van der Waals surface area (Å²) in [6.07, 6.45) is 2.07. The maximum Gasteiger partial charge on any atom is 0.322 e. The van der Waals surface area contributed by atoms with E-state index in [0.717, 1.165) is 28.2 Å². The number of aryl methyl sites for hydroxylation is 1. The molecule has 0 bridgehead atoms. The highest BCUT2D eigenvalue weighted by Crippen LogP contribution is 2.32. The quantitative estimate of drug-likeness (QED) is 0.646. The number of carbonyl (C=O) groups is 1. The monoisotopic (exact) mass is 345 g/mol. The van der Waals surface area contributed by atoms with Gasteiger partial charge in [-0.05, 0) is 61.7 Å². The van der Waals surface area contributed by atoms with Crippen LogP contribution < -0.4 is 5.32 Å². The first-order valence-electron chi connectivity index (χ1n) is 8.95. The molecule has 4 nitrogen and oxygen atoms in total. The summed E-state index contributed by atoms with van der Waals surface area (Å²) in [6.45, 7) is 6.76. The first kappa shape index (κ1) is 16.5. The predicted octanol–water partition coefficient (Wildman–Crippen LogP) is 5.20. The Morgan fingerprint density at radius 2 is 1.85 bits per heavy atom. The number of fused-ring (bicyclic) bond motifs is 3. The van der Waals surface area contributed by atoms with Gasteiger partial charge in [-0.15, -0.1) is 0 Å². The van der Waals surface area contributed by atoms with E-state index in [4.69, 9.17) is 0 Å². The minimum absolute atomic E-state index is 0.0254. The fraction of sp³-hybridized carbons (Fsp3) is 0.227. The van der Waals surface area contributed by atoms with Crippen molar-refractivity contribution >= 4 is 11.7 Å². The van der Waals surface area contributed by atoms with Gasteiger partial charge in [-0.25, -0.2) is 4.79 Å². The molecule has 1 aliphatic rings. The molecule has 0 spiro atoms. The van der Waals surface area contributed by atoms with Crippen LogP contribution in [-0.2, 0) is 6.54 Å². The number of anilines is 1. The van der Waals surface area contributed by atoms with Crippen molar-refractivity contribution in [3.63, 3.8) is 0 Å². The van der Waals surface area contributed by atoms with Crippen LogP contribution in [0, 0.1) is 13.8 Å². The van der Waals surface area contributed by atoms with Crippen molar-refractivity contribution in [3.05, 3.63) is 83.2 Å². The molecule has 2 aromatic carbocycles. The van der Waals surface area contributed by atoms with Crippen LogP contribution in [0.4, 0.5) is 10.5 Å². The third kappa shape index (κ3) is 2.68. The van der Waals surface area contributed by atoms with Crippen molar-refractivity contribution in [1.82, 2.24) is 9.47 Å². The Kier molecular flexibility index (Phi) is 4.03. The minimum atomic E-state index is -0.0735. The summed E-state index contributed by atoms with van der Waals surface area (Å²) in [5.41, 5.74) is 6.55. The molecule has 1 unspecified atom stereocenters. The van der Waals surface area contributed by atoms with E-state index in [0.29, 0.717) is 6.54 Å². The topological polar surface area (TPSA) is 37.3 Å². The van der Waals surface area contributed by atoms with E-state index >= 15 is 0 Å². The molecule has 0 saturated carbocycles. The molecule has 1 aromatic heterocycles. The van der Waals surface area contributed by atoms with E-state index in [9.17, 15) is 4.79 Å². The first-order chi connectivity index (χ1) is 12.6. The van der Waals surface area contributed by atoms with Crippen molar-refractivity contribution in [3.8, 4) is 5.69 Å². The van der Waals surface area contributed by atoms with Crippen LogP contribution in [0.25, 0.3) is 5.69 Å². The van der Waals surface area contributed by atoms with Gasteiger partial charge in [0.15, 0.2) is 0 Å². The van der Waals surface area contributed by atoms with Crippen molar-refractivity contribution < 1.29 is 4.79 Å². The standard InChI is InChI=1S/C22H23N3O/c1-15-8-6-10-19(16(15)2)23-22(26)25-14-18-9-4-5-11-21(18)24-13-7-12-20(24)17(25)3/h4-13,17H,14H2,1-3H3,(H,23,26). The molecular weight excluding hydrogens is 322 g/mol. The highest BCUT2D eigenvalue weighted by Gasteiger charge is 2.28. The lowest BCUT2D eigenvalue weighted by Gasteiger charge is -2.28. The summed E-state index contributed by atoms with van der Waals surface area (Å²) in [7, 11) is 0. The van der Waals surface area contributed by atoms with E-state index in [2.05, 4.69) is 54.2 Å². The third-order valence-corrected chi connectivity index (χ3v) is 5.37. The van der Waals surface area contributed by atoms with E-state index in [1.165, 1.54) is 5.56 Å². The molecule has 3 aromatic rings. The summed E-state index contributed by atoms with van der Waals surface area (Å²) in [5, 5.41) is 3.11. The van der Waals surface area contributed by atoms with Gasteiger partial charge in [0, 0.05) is 17.6 Å². The minimum Gasteiger partial charge on any atom is -0.318 e. The number of amides is 2. The lowest BCUT2D eigenvalue weighted by Crippen LogP contribution is -2.36. The summed E-state index contributed by atoms with van der Waals surface area (Å²) in [4.78, 5) is 15.0. The van der Waals surface area contributed by atoms with Gasteiger partial charge in [0.05, 0.1) is 18.3 Å². The molecule has 1 aliphatic heterocycles. The van der Waals surface area contributed by atoms with Gasteiger partial charge in [0.25, 0.3) is 0 Å². The third-order valence-electron chi connectivity index (χ3n) is 5.37. The Hall–Kier alpha value is -3.01. The lowest BCUT2D eigenvalue weighted by molar-refractivity contribution is 0.189. The summed E-state index contributed by atoms with van der Waals surface area (Å²) < 4.78 is 2.19. The number of hydrogen-bond donors (Lipinski definition) is 1. The Labute approximate surface area is 154 Å². The van der Waals surface area contributed by atoms with Gasteiger partial charge >= 0.3 is 6.03 Å². The molecule has 1 N–H and O–H groups in total. The van der Waals surface area contributed by atoms with Crippen LogP contribution in [0.15, 0.2) is 60.8 Å². The van der Waals surface area contributed by atoms with Crippen LogP contribution in [0.2, 0.25) is 0 Å². The number of para-hydroxylation sites is 1. The summed E-state index contributed by atoms with van der Waals surface area (Å²) in [6, 6.07) is 18.3. The molecule has 4 heteroatoms. The molecule has 0 aliphatic carbocycles. The number of aromatic nitrogens is 1. The second-order valence-electron chi connectivity index (χ2n) is 6.91. The number of benzene rings is 2. The molecule has 2 amide bonds. The van der Waals surface area contributed by atoms with Crippen LogP contribution in [0.1, 0.15) is 35.3 Å². The fourth-order valence-electron chi connectivity index (χ4n) is 3.63. The molecule has 2 heterocycles. The van der Waals surface area contributed by atoms with Gasteiger partial charge in [0.1, 0.15) is 0 Å². The molecule has 132 valence electrons. The second kappa shape index (κ2) is 6.37. The lowest BCUT2D eigenvalue weighted by atomic mass is 10.1. The number of hydrogen-bond acceptors (Lipinski definition) is 1. The Balaban J connectivity index is 1.71. The molecule has 0 fully saturated rings. The Morgan fingerprint density at radius 1 is 1.04 bits per heavy atom. The first-order valence-corrected chi connectivity index (χ1v) is 8.95. The second-order valence-corrected chi connectivity index (χ2v) is 6.91. The normalized spacial score (nSPS) is 15.8. The van der Waals surface area contributed by atoms with Crippen molar-refractivity contribution in [2.45, 2.75) is 33.4 Å². The smallest absolute Gasteiger partial charge is 0.318 e. The van der Waals surface area contributed by atoms with E-state index in [1.807, 2.05) is 42.2 Å². The number of rotatable bonds is 1. The molecular formula is C22H23N3O.